The molecular weight excluding hydrogens is 190 g/mol. The van der Waals surface area contributed by atoms with Crippen molar-refractivity contribution in [1.82, 2.24) is 9.78 Å². The first-order valence-corrected chi connectivity index (χ1v) is 4.04. The van der Waals surface area contributed by atoms with Gasteiger partial charge in [-0.25, -0.2) is 8.78 Å². The van der Waals surface area contributed by atoms with E-state index in [9.17, 15) is 13.9 Å². The Labute approximate surface area is 78.6 Å². The molecular formula is C9H8F2N2O. The number of rotatable bonds is 1. The lowest BCUT2D eigenvalue weighted by Gasteiger charge is -1.96. The minimum absolute atomic E-state index is 0.0376. The van der Waals surface area contributed by atoms with E-state index >= 15 is 0 Å². The molecule has 14 heavy (non-hydrogen) atoms. The quantitative estimate of drug-likeness (QED) is 0.762. The average molecular weight is 198 g/mol. The number of phenolic OH excluding ortho intramolecular Hbond substituents is 1. The van der Waals surface area contributed by atoms with Crippen LogP contribution in [0.2, 0.25) is 0 Å². The largest absolute Gasteiger partial charge is 0.506 e. The van der Waals surface area contributed by atoms with Gasteiger partial charge in [0.1, 0.15) is 17.0 Å². The highest BCUT2D eigenvalue weighted by Crippen LogP contribution is 2.31. The summed E-state index contributed by atoms with van der Waals surface area (Å²) in [7, 11) is 1.52. The van der Waals surface area contributed by atoms with Crippen molar-refractivity contribution in [3.05, 3.63) is 23.9 Å². The van der Waals surface area contributed by atoms with Crippen LogP contribution >= 0.6 is 0 Å². The van der Waals surface area contributed by atoms with Gasteiger partial charge >= 0.3 is 0 Å². The second-order valence-corrected chi connectivity index (χ2v) is 2.98. The van der Waals surface area contributed by atoms with Crippen LogP contribution in [0.25, 0.3) is 10.9 Å². The Morgan fingerprint density at radius 1 is 1.43 bits per heavy atom. The lowest BCUT2D eigenvalue weighted by molar-refractivity contribution is 0.147. The minimum Gasteiger partial charge on any atom is -0.506 e. The summed E-state index contributed by atoms with van der Waals surface area (Å²) < 4.78 is 26.2. The van der Waals surface area contributed by atoms with Crippen molar-refractivity contribution in [3.63, 3.8) is 0 Å². The van der Waals surface area contributed by atoms with E-state index < -0.39 is 6.43 Å². The molecule has 0 aliphatic carbocycles. The Bertz CT molecular complexity index is 479. The number of hydrogen-bond donors (Lipinski definition) is 1. The first-order chi connectivity index (χ1) is 6.61. The summed E-state index contributed by atoms with van der Waals surface area (Å²) in [5.41, 5.74) is 0.0428. The average Bonchev–Trinajstić information content (AvgIpc) is 2.45. The number of hydrogen-bond acceptors (Lipinski definition) is 2. The van der Waals surface area contributed by atoms with Crippen molar-refractivity contribution in [2.45, 2.75) is 6.43 Å². The van der Waals surface area contributed by atoms with Crippen LogP contribution in [-0.2, 0) is 7.05 Å². The number of aryl methyl sites for hydroxylation is 1. The molecule has 1 aromatic heterocycles. The van der Waals surface area contributed by atoms with Gasteiger partial charge in [-0.1, -0.05) is 12.1 Å². The molecule has 2 aromatic rings. The fourth-order valence-corrected chi connectivity index (χ4v) is 1.50. The summed E-state index contributed by atoms with van der Waals surface area (Å²) in [6.45, 7) is 0. The smallest absolute Gasteiger partial charge is 0.282 e. The lowest BCUT2D eigenvalue weighted by Crippen LogP contribution is -1.91. The Balaban J connectivity index is 2.84. The molecule has 0 saturated carbocycles. The number of alkyl halides is 2. The van der Waals surface area contributed by atoms with Crippen molar-refractivity contribution in [2.24, 2.45) is 7.05 Å². The van der Waals surface area contributed by atoms with Gasteiger partial charge in [-0.2, -0.15) is 5.10 Å². The van der Waals surface area contributed by atoms with Gasteiger partial charge in [0.15, 0.2) is 0 Å². The van der Waals surface area contributed by atoms with Gasteiger partial charge in [0.05, 0.1) is 0 Å². The summed E-state index contributed by atoms with van der Waals surface area (Å²) in [5, 5.41) is 13.4. The molecule has 0 unspecified atom stereocenters. The Kier molecular flexibility index (Phi) is 1.87. The Morgan fingerprint density at radius 3 is 2.79 bits per heavy atom. The van der Waals surface area contributed by atoms with Crippen LogP contribution in [0.1, 0.15) is 12.1 Å². The van der Waals surface area contributed by atoms with E-state index in [1.807, 2.05) is 0 Å². The number of benzene rings is 1. The monoisotopic (exact) mass is 198 g/mol. The van der Waals surface area contributed by atoms with Crippen molar-refractivity contribution in [3.8, 4) is 5.75 Å². The van der Waals surface area contributed by atoms with E-state index in [0.717, 1.165) is 0 Å². The molecule has 1 heterocycles. The van der Waals surface area contributed by atoms with Crippen LogP contribution in [0.5, 0.6) is 5.75 Å². The molecule has 0 aliphatic rings. The molecule has 0 saturated heterocycles. The fourth-order valence-electron chi connectivity index (χ4n) is 1.50. The second-order valence-electron chi connectivity index (χ2n) is 2.98. The molecule has 0 radical (unpaired) electrons. The molecule has 5 heteroatoms. The molecule has 0 spiro atoms. The van der Waals surface area contributed by atoms with Crippen molar-refractivity contribution in [1.29, 1.82) is 0 Å². The number of phenols is 1. The third kappa shape index (κ3) is 1.13. The SMILES string of the molecule is Cn1nc(C(F)F)c2cccc(O)c21. The zero-order chi connectivity index (χ0) is 10.3. The summed E-state index contributed by atoms with van der Waals surface area (Å²) in [5.74, 6) is -0.0376. The number of fused-ring (bicyclic) bond motifs is 1. The third-order valence-corrected chi connectivity index (χ3v) is 2.08. The van der Waals surface area contributed by atoms with Gasteiger partial charge in [-0.3, -0.25) is 4.68 Å². The van der Waals surface area contributed by atoms with E-state index in [4.69, 9.17) is 0 Å². The van der Waals surface area contributed by atoms with Crippen molar-refractivity contribution in [2.75, 3.05) is 0 Å². The van der Waals surface area contributed by atoms with Gasteiger partial charge in [0, 0.05) is 12.4 Å². The van der Waals surface area contributed by atoms with Gasteiger partial charge in [0.25, 0.3) is 6.43 Å². The van der Waals surface area contributed by atoms with Crippen molar-refractivity contribution >= 4 is 10.9 Å². The number of halogens is 2. The van der Waals surface area contributed by atoms with E-state index in [1.165, 1.54) is 29.9 Å². The molecule has 0 bridgehead atoms. The third-order valence-electron chi connectivity index (χ3n) is 2.08. The van der Waals surface area contributed by atoms with E-state index in [0.29, 0.717) is 10.9 Å². The van der Waals surface area contributed by atoms with Gasteiger partial charge < -0.3 is 5.11 Å². The summed E-state index contributed by atoms with van der Waals surface area (Å²) in [6.07, 6.45) is -2.62. The maximum atomic E-state index is 12.5. The van der Waals surface area contributed by atoms with Crippen molar-refractivity contribution < 1.29 is 13.9 Å². The minimum atomic E-state index is -2.62. The molecule has 3 nitrogen and oxygen atoms in total. The van der Waals surface area contributed by atoms with Crippen LogP contribution < -0.4 is 0 Å². The summed E-state index contributed by atoms with van der Waals surface area (Å²) in [4.78, 5) is 0. The Hall–Kier alpha value is -1.65. The fraction of sp³-hybridized carbons (Fsp3) is 0.222. The maximum Gasteiger partial charge on any atom is 0.282 e. The van der Waals surface area contributed by atoms with E-state index in [1.54, 1.807) is 0 Å². The molecule has 0 fully saturated rings. The normalized spacial score (nSPS) is 11.4. The van der Waals surface area contributed by atoms with E-state index in [-0.39, 0.29) is 11.4 Å². The molecule has 1 N–H and O–H groups in total. The lowest BCUT2D eigenvalue weighted by atomic mass is 10.2. The topological polar surface area (TPSA) is 38.0 Å². The zero-order valence-corrected chi connectivity index (χ0v) is 7.41. The predicted molar refractivity (Wildman–Crippen MR) is 47.3 cm³/mol. The molecule has 0 aliphatic heterocycles. The highest BCUT2D eigenvalue weighted by Gasteiger charge is 2.18. The highest BCUT2D eigenvalue weighted by molar-refractivity contribution is 5.87. The highest BCUT2D eigenvalue weighted by atomic mass is 19.3. The number of nitrogens with zero attached hydrogens (tertiary/aromatic N) is 2. The predicted octanol–water partition coefficient (Wildman–Crippen LogP) is 2.22. The number of para-hydroxylation sites is 1. The molecule has 2 rings (SSSR count). The Morgan fingerprint density at radius 2 is 2.14 bits per heavy atom. The first-order valence-electron chi connectivity index (χ1n) is 4.04. The summed E-state index contributed by atoms with van der Waals surface area (Å²) >= 11 is 0. The van der Waals surface area contributed by atoms with Crippen LogP contribution in [0.3, 0.4) is 0 Å². The van der Waals surface area contributed by atoms with E-state index in [2.05, 4.69) is 5.10 Å². The zero-order valence-electron chi connectivity index (χ0n) is 7.41. The molecule has 0 atom stereocenters. The van der Waals surface area contributed by atoms with Gasteiger partial charge in [0.2, 0.25) is 0 Å². The molecule has 74 valence electrons. The first kappa shape index (κ1) is 8.93. The van der Waals surface area contributed by atoms with Crippen LogP contribution in [-0.4, -0.2) is 14.9 Å². The van der Waals surface area contributed by atoms with Crippen LogP contribution in [0, 0.1) is 0 Å². The molecule has 0 amide bonds. The number of aromatic nitrogens is 2. The van der Waals surface area contributed by atoms with Crippen LogP contribution in [0.15, 0.2) is 18.2 Å². The second kappa shape index (κ2) is 2.94. The van der Waals surface area contributed by atoms with Gasteiger partial charge in [-0.15, -0.1) is 0 Å². The maximum absolute atomic E-state index is 12.5. The standard InChI is InChI=1S/C9H8F2N2O/c1-13-8-5(3-2-4-6(8)14)7(12-13)9(10)11/h2-4,9,14H,1H3. The van der Waals surface area contributed by atoms with Crippen LogP contribution in [0.4, 0.5) is 8.78 Å². The summed E-state index contributed by atoms with van der Waals surface area (Å²) in [6, 6.07) is 4.48. The number of aromatic hydroxyl groups is 1. The van der Waals surface area contributed by atoms with Gasteiger partial charge in [-0.05, 0) is 6.07 Å². The molecule has 1 aromatic carbocycles.